The van der Waals surface area contributed by atoms with Gasteiger partial charge in [0.05, 0.1) is 0 Å². The van der Waals surface area contributed by atoms with E-state index in [1.54, 1.807) is 0 Å². The normalized spacial score (nSPS) is 12.0. The van der Waals surface area contributed by atoms with Crippen molar-refractivity contribution in [1.82, 2.24) is 0 Å². The molecule has 0 aliphatic heterocycles. The molecule has 0 heteroatoms. The molecule has 0 spiro atoms. The molecule has 0 unspecified atom stereocenters. The number of hydrogen-bond donors (Lipinski definition) is 0. The molecule has 10 rings (SSSR count). The summed E-state index contributed by atoms with van der Waals surface area (Å²) in [6.45, 7) is 0. The lowest BCUT2D eigenvalue weighted by Gasteiger charge is -2.14. The molecule has 0 saturated carbocycles. The summed E-state index contributed by atoms with van der Waals surface area (Å²) in [5, 5.41) is 21.8. The zero-order chi connectivity index (χ0) is 26.2. The van der Waals surface area contributed by atoms with Gasteiger partial charge in [0.25, 0.3) is 0 Å². The molecule has 0 aliphatic rings. The van der Waals surface area contributed by atoms with Crippen LogP contribution < -0.4 is 0 Å². The Hall–Kier alpha value is -5.20. The monoisotopic (exact) mass is 504 g/mol. The first-order chi connectivity index (χ1) is 19.9. The molecule has 184 valence electrons. The van der Waals surface area contributed by atoms with Gasteiger partial charge >= 0.3 is 0 Å². The fourth-order valence-corrected chi connectivity index (χ4v) is 7.11. The minimum atomic E-state index is 1.33. The van der Waals surface area contributed by atoms with Crippen molar-refractivity contribution < 1.29 is 0 Å². The van der Waals surface area contributed by atoms with Crippen molar-refractivity contribution in [2.45, 2.75) is 0 Å². The van der Waals surface area contributed by atoms with Crippen molar-refractivity contribution >= 4 is 86.2 Å². The Balaban J connectivity index is 0.000000115. The van der Waals surface area contributed by atoms with E-state index >= 15 is 0 Å². The minimum absolute atomic E-state index is 1.33. The second-order valence-electron chi connectivity index (χ2n) is 10.8. The molecule has 0 amide bonds. The molecule has 0 aromatic heterocycles. The lowest BCUT2D eigenvalue weighted by molar-refractivity contribution is 1.78. The lowest BCUT2D eigenvalue weighted by Crippen LogP contribution is -1.86. The zero-order valence-electron chi connectivity index (χ0n) is 21.9. The van der Waals surface area contributed by atoms with Crippen LogP contribution in [-0.4, -0.2) is 0 Å². The number of fused-ring (bicyclic) bond motifs is 6. The molecule has 0 heterocycles. The average Bonchev–Trinajstić information content (AvgIpc) is 3.04. The topological polar surface area (TPSA) is 0 Å². The standard InChI is InChI=1S/2C20H12/c2*1-2-8-16-15(7-1)17-9-3-5-13-11-12-14-6-4-10-18(16)20(14)19(13)17/h2*1-12H. The zero-order valence-corrected chi connectivity index (χ0v) is 21.9. The van der Waals surface area contributed by atoms with Gasteiger partial charge in [-0.3, -0.25) is 0 Å². The van der Waals surface area contributed by atoms with E-state index in [0.29, 0.717) is 0 Å². The Kier molecular flexibility index (Phi) is 4.42. The van der Waals surface area contributed by atoms with E-state index in [1.165, 1.54) is 86.2 Å². The van der Waals surface area contributed by atoms with Crippen molar-refractivity contribution in [1.29, 1.82) is 0 Å². The average molecular weight is 505 g/mol. The maximum Gasteiger partial charge on any atom is -0.00203 e. The molecule has 10 aromatic carbocycles. The van der Waals surface area contributed by atoms with Gasteiger partial charge < -0.3 is 0 Å². The molecule has 0 nitrogen and oxygen atoms in total. The van der Waals surface area contributed by atoms with E-state index < -0.39 is 0 Å². The van der Waals surface area contributed by atoms with Gasteiger partial charge in [-0.1, -0.05) is 146 Å². The van der Waals surface area contributed by atoms with Crippen molar-refractivity contribution in [2.24, 2.45) is 0 Å². The van der Waals surface area contributed by atoms with Gasteiger partial charge in [0.1, 0.15) is 0 Å². The van der Waals surface area contributed by atoms with Crippen LogP contribution in [0.2, 0.25) is 0 Å². The van der Waals surface area contributed by atoms with Crippen molar-refractivity contribution in [3.63, 3.8) is 0 Å². The molecule has 0 atom stereocenters. The third kappa shape index (κ3) is 2.91. The van der Waals surface area contributed by atoms with Crippen LogP contribution >= 0.6 is 0 Å². The summed E-state index contributed by atoms with van der Waals surface area (Å²) in [6, 6.07) is 52.9. The van der Waals surface area contributed by atoms with Crippen molar-refractivity contribution in [3.8, 4) is 0 Å². The Morgan fingerprint density at radius 3 is 0.650 bits per heavy atom. The van der Waals surface area contributed by atoms with E-state index in [2.05, 4.69) is 146 Å². The van der Waals surface area contributed by atoms with Gasteiger partial charge in [-0.05, 0) is 86.2 Å². The molecule has 0 radical (unpaired) electrons. The quantitative estimate of drug-likeness (QED) is 0.142. The molecule has 40 heavy (non-hydrogen) atoms. The first-order valence-electron chi connectivity index (χ1n) is 14.0. The summed E-state index contributed by atoms with van der Waals surface area (Å²) in [5.74, 6) is 0. The molecule has 0 bridgehead atoms. The van der Waals surface area contributed by atoms with Gasteiger partial charge in [-0.25, -0.2) is 0 Å². The van der Waals surface area contributed by atoms with Crippen LogP contribution in [0.3, 0.4) is 0 Å². The lowest BCUT2D eigenvalue weighted by atomic mass is 9.89. The van der Waals surface area contributed by atoms with Crippen LogP contribution in [0, 0.1) is 0 Å². The molecule has 0 aliphatic carbocycles. The van der Waals surface area contributed by atoms with E-state index in [1.807, 2.05) is 0 Å². The van der Waals surface area contributed by atoms with E-state index in [4.69, 9.17) is 0 Å². The molecule has 0 N–H and O–H groups in total. The second kappa shape index (κ2) is 8.15. The number of hydrogen-bond acceptors (Lipinski definition) is 0. The summed E-state index contributed by atoms with van der Waals surface area (Å²) in [4.78, 5) is 0. The van der Waals surface area contributed by atoms with Gasteiger partial charge in [-0.15, -0.1) is 0 Å². The highest BCUT2D eigenvalue weighted by Crippen LogP contribution is 2.41. The highest BCUT2D eigenvalue weighted by molar-refractivity contribution is 6.34. The van der Waals surface area contributed by atoms with Crippen LogP contribution in [0.1, 0.15) is 0 Å². The molecular formula is C40H24. The molecular weight excluding hydrogens is 480 g/mol. The van der Waals surface area contributed by atoms with Gasteiger partial charge in [0.2, 0.25) is 0 Å². The second-order valence-corrected chi connectivity index (χ2v) is 10.8. The SMILES string of the molecule is c1ccc2c(c1)c1cccc3ccc4cccc2c4c31.c1ccc2c(c1)c1cccc3ccc4cccc2c4c31. The van der Waals surface area contributed by atoms with E-state index in [9.17, 15) is 0 Å². The number of rotatable bonds is 0. The Labute approximate surface area is 231 Å². The summed E-state index contributed by atoms with van der Waals surface area (Å²) >= 11 is 0. The third-order valence-corrected chi connectivity index (χ3v) is 8.79. The predicted octanol–water partition coefficient (Wildman–Crippen LogP) is 11.5. The van der Waals surface area contributed by atoms with Crippen LogP contribution in [0.4, 0.5) is 0 Å². The molecule has 0 saturated heterocycles. The first kappa shape index (κ1) is 21.7. The summed E-state index contributed by atoms with van der Waals surface area (Å²) in [7, 11) is 0. The van der Waals surface area contributed by atoms with Gasteiger partial charge in [0, 0.05) is 0 Å². The van der Waals surface area contributed by atoms with Crippen molar-refractivity contribution in [3.05, 3.63) is 146 Å². The summed E-state index contributed by atoms with van der Waals surface area (Å²) < 4.78 is 0. The third-order valence-electron chi connectivity index (χ3n) is 8.79. The minimum Gasteiger partial charge on any atom is -0.0616 e. The molecule has 0 fully saturated rings. The van der Waals surface area contributed by atoms with Crippen LogP contribution in [0.15, 0.2) is 146 Å². The summed E-state index contributed by atoms with van der Waals surface area (Å²) in [6.07, 6.45) is 0. The first-order valence-corrected chi connectivity index (χ1v) is 14.0. The highest BCUT2D eigenvalue weighted by Gasteiger charge is 2.13. The Morgan fingerprint density at radius 1 is 0.175 bits per heavy atom. The Morgan fingerprint density at radius 2 is 0.400 bits per heavy atom. The van der Waals surface area contributed by atoms with Crippen LogP contribution in [0.25, 0.3) is 86.2 Å². The van der Waals surface area contributed by atoms with Crippen LogP contribution in [0.5, 0.6) is 0 Å². The largest absolute Gasteiger partial charge is 0.0616 e. The van der Waals surface area contributed by atoms with E-state index in [-0.39, 0.29) is 0 Å². The van der Waals surface area contributed by atoms with Crippen molar-refractivity contribution in [2.75, 3.05) is 0 Å². The van der Waals surface area contributed by atoms with Gasteiger partial charge in [0.15, 0.2) is 0 Å². The highest BCUT2D eigenvalue weighted by atomic mass is 14.2. The summed E-state index contributed by atoms with van der Waals surface area (Å²) in [5.41, 5.74) is 0. The fourth-order valence-electron chi connectivity index (χ4n) is 7.11. The predicted molar refractivity (Wildman–Crippen MR) is 175 cm³/mol. The van der Waals surface area contributed by atoms with E-state index in [0.717, 1.165) is 0 Å². The maximum atomic E-state index is 2.25. The fraction of sp³-hybridized carbons (Fsp3) is 0. The number of benzene rings is 10. The smallest absolute Gasteiger partial charge is 0.00203 e. The van der Waals surface area contributed by atoms with Gasteiger partial charge in [-0.2, -0.15) is 0 Å². The Bertz CT molecular complexity index is 2180. The maximum absolute atomic E-state index is 2.25. The van der Waals surface area contributed by atoms with Crippen LogP contribution in [-0.2, 0) is 0 Å². The molecule has 10 aromatic rings.